The first kappa shape index (κ1) is 17.2. The van der Waals surface area contributed by atoms with E-state index in [1.807, 2.05) is 0 Å². The van der Waals surface area contributed by atoms with Crippen LogP contribution in [0.3, 0.4) is 0 Å². The molecule has 7 nitrogen and oxygen atoms in total. The van der Waals surface area contributed by atoms with Crippen LogP contribution in [-0.4, -0.2) is 55.1 Å². The van der Waals surface area contributed by atoms with Gasteiger partial charge in [0.25, 0.3) is 0 Å². The van der Waals surface area contributed by atoms with Gasteiger partial charge >= 0.3 is 12.0 Å². The molecule has 3 amide bonds. The normalized spacial score (nSPS) is 10.7. The smallest absolute Gasteiger partial charge is 0.315 e. The molecular weight excluding hydrogens is 250 g/mol. The van der Waals surface area contributed by atoms with Gasteiger partial charge in [0.1, 0.15) is 0 Å². The van der Waals surface area contributed by atoms with E-state index in [0.717, 1.165) is 0 Å². The van der Waals surface area contributed by atoms with Crippen LogP contribution in [0.15, 0.2) is 0 Å². The number of hydrogen-bond acceptors (Lipinski definition) is 3. The van der Waals surface area contributed by atoms with Gasteiger partial charge in [0.15, 0.2) is 0 Å². The third kappa shape index (κ3) is 5.15. The van der Waals surface area contributed by atoms with Gasteiger partial charge < -0.3 is 20.6 Å². The second kappa shape index (κ2) is 7.60. The van der Waals surface area contributed by atoms with Crippen molar-refractivity contribution in [3.05, 3.63) is 0 Å². The van der Waals surface area contributed by atoms with Gasteiger partial charge in [-0.3, -0.25) is 9.59 Å². The lowest BCUT2D eigenvalue weighted by atomic mass is 9.82. The highest BCUT2D eigenvalue weighted by molar-refractivity contribution is 5.84. The molecule has 0 aromatic rings. The van der Waals surface area contributed by atoms with Crippen LogP contribution in [0.1, 0.15) is 26.7 Å². The van der Waals surface area contributed by atoms with Crippen LogP contribution in [0.5, 0.6) is 0 Å². The Morgan fingerprint density at radius 3 is 2.00 bits per heavy atom. The van der Waals surface area contributed by atoms with E-state index < -0.39 is 17.4 Å². The monoisotopic (exact) mass is 273 g/mol. The molecule has 0 saturated carbocycles. The van der Waals surface area contributed by atoms with E-state index >= 15 is 0 Å². The maximum atomic E-state index is 11.5. The molecule has 0 unspecified atom stereocenters. The highest BCUT2D eigenvalue weighted by Gasteiger charge is 2.35. The van der Waals surface area contributed by atoms with Crippen molar-refractivity contribution in [3.8, 4) is 0 Å². The van der Waals surface area contributed by atoms with Gasteiger partial charge in [-0.2, -0.15) is 0 Å². The van der Waals surface area contributed by atoms with Crippen LogP contribution < -0.4 is 10.6 Å². The fourth-order valence-electron chi connectivity index (χ4n) is 1.50. The molecular formula is C12H23N3O4. The number of carboxylic acid groups (broad SMARTS) is 1. The number of nitrogens with zero attached hydrogens (tertiary/aromatic N) is 1. The zero-order valence-electron chi connectivity index (χ0n) is 11.9. The van der Waals surface area contributed by atoms with E-state index in [1.165, 1.54) is 4.90 Å². The summed E-state index contributed by atoms with van der Waals surface area (Å²) < 4.78 is 0. The number of carboxylic acids is 1. The van der Waals surface area contributed by atoms with Crippen LogP contribution >= 0.6 is 0 Å². The number of likely N-dealkylation sites (N-methyl/N-ethyl adjacent to an activating group) is 1. The average Bonchev–Trinajstić information content (AvgIpc) is 2.37. The highest BCUT2D eigenvalue weighted by Crippen LogP contribution is 2.25. The molecule has 0 aromatic heterocycles. The molecule has 0 saturated heterocycles. The Balaban J connectivity index is 4.28. The van der Waals surface area contributed by atoms with E-state index in [-0.39, 0.29) is 19.0 Å². The van der Waals surface area contributed by atoms with Crippen molar-refractivity contribution in [2.24, 2.45) is 5.41 Å². The van der Waals surface area contributed by atoms with Gasteiger partial charge in [0.2, 0.25) is 5.91 Å². The standard InChI is InChI=1S/C12H23N3O4/c1-5-12(6-2,10(17)18)8-14-11(19)13-7-9(16)15(3)4/h5-8H2,1-4H3,(H,17,18)(H2,13,14,19). The van der Waals surface area contributed by atoms with Crippen LogP contribution in [0.4, 0.5) is 4.79 Å². The Bertz CT molecular complexity index is 338. The largest absolute Gasteiger partial charge is 0.481 e. The number of aliphatic carboxylic acids is 1. The quantitative estimate of drug-likeness (QED) is 0.620. The van der Waals surface area contributed by atoms with Crippen molar-refractivity contribution in [1.82, 2.24) is 15.5 Å². The molecule has 0 radical (unpaired) electrons. The van der Waals surface area contributed by atoms with Crippen molar-refractivity contribution >= 4 is 17.9 Å². The molecule has 3 N–H and O–H groups in total. The van der Waals surface area contributed by atoms with Crippen molar-refractivity contribution < 1.29 is 19.5 Å². The topological polar surface area (TPSA) is 98.7 Å². The van der Waals surface area contributed by atoms with Crippen molar-refractivity contribution in [1.29, 1.82) is 0 Å². The molecule has 0 aliphatic rings. The first-order chi connectivity index (χ1) is 8.79. The summed E-state index contributed by atoms with van der Waals surface area (Å²) in [7, 11) is 3.18. The SMILES string of the molecule is CCC(CC)(CNC(=O)NCC(=O)N(C)C)C(=O)O. The highest BCUT2D eigenvalue weighted by atomic mass is 16.4. The summed E-state index contributed by atoms with van der Waals surface area (Å²) >= 11 is 0. The number of rotatable bonds is 7. The molecule has 0 bridgehead atoms. The lowest BCUT2D eigenvalue weighted by Crippen LogP contribution is -2.47. The first-order valence-electron chi connectivity index (χ1n) is 6.24. The van der Waals surface area contributed by atoms with Crippen molar-refractivity contribution in [2.45, 2.75) is 26.7 Å². The van der Waals surface area contributed by atoms with Crippen LogP contribution in [0, 0.1) is 5.41 Å². The summed E-state index contributed by atoms with van der Waals surface area (Å²) in [6.07, 6.45) is 0.853. The van der Waals surface area contributed by atoms with E-state index in [4.69, 9.17) is 0 Å². The number of carbonyl (C=O) groups is 3. The number of carbonyl (C=O) groups excluding carboxylic acids is 2. The molecule has 0 heterocycles. The zero-order chi connectivity index (χ0) is 15.1. The maximum Gasteiger partial charge on any atom is 0.315 e. The molecule has 0 aromatic carbocycles. The van der Waals surface area contributed by atoms with Gasteiger partial charge in [0, 0.05) is 20.6 Å². The predicted molar refractivity (Wildman–Crippen MR) is 70.7 cm³/mol. The third-order valence-corrected chi connectivity index (χ3v) is 3.29. The van der Waals surface area contributed by atoms with Gasteiger partial charge in [0.05, 0.1) is 12.0 Å². The lowest BCUT2D eigenvalue weighted by molar-refractivity contribution is -0.149. The minimum absolute atomic E-state index is 0.0390. The Morgan fingerprint density at radius 2 is 1.63 bits per heavy atom. The van der Waals surface area contributed by atoms with Crippen LogP contribution in [0.25, 0.3) is 0 Å². The van der Waals surface area contributed by atoms with E-state index in [2.05, 4.69) is 10.6 Å². The van der Waals surface area contributed by atoms with E-state index in [9.17, 15) is 19.5 Å². The molecule has 0 aliphatic heterocycles. The Morgan fingerprint density at radius 1 is 1.11 bits per heavy atom. The van der Waals surface area contributed by atoms with Gasteiger partial charge in [-0.1, -0.05) is 13.8 Å². The average molecular weight is 273 g/mol. The van der Waals surface area contributed by atoms with E-state index in [0.29, 0.717) is 12.8 Å². The summed E-state index contributed by atoms with van der Waals surface area (Å²) in [5, 5.41) is 14.1. The van der Waals surface area contributed by atoms with Crippen molar-refractivity contribution in [3.63, 3.8) is 0 Å². The molecule has 110 valence electrons. The second-order valence-corrected chi connectivity index (χ2v) is 4.62. The number of amides is 3. The Kier molecular flexibility index (Phi) is 6.89. The summed E-state index contributed by atoms with van der Waals surface area (Å²) in [6.45, 7) is 3.47. The van der Waals surface area contributed by atoms with Gasteiger partial charge in [-0.15, -0.1) is 0 Å². The van der Waals surface area contributed by atoms with Crippen LogP contribution in [0.2, 0.25) is 0 Å². The maximum absolute atomic E-state index is 11.5. The van der Waals surface area contributed by atoms with Gasteiger partial charge in [-0.25, -0.2) is 4.79 Å². The third-order valence-electron chi connectivity index (χ3n) is 3.29. The van der Waals surface area contributed by atoms with Gasteiger partial charge in [-0.05, 0) is 12.8 Å². The fraction of sp³-hybridized carbons (Fsp3) is 0.750. The first-order valence-corrected chi connectivity index (χ1v) is 6.24. The second-order valence-electron chi connectivity index (χ2n) is 4.62. The van der Waals surface area contributed by atoms with Crippen LogP contribution in [-0.2, 0) is 9.59 Å². The molecule has 0 aliphatic carbocycles. The fourth-order valence-corrected chi connectivity index (χ4v) is 1.50. The Hall–Kier alpha value is -1.79. The molecule has 0 fully saturated rings. The summed E-state index contributed by atoms with van der Waals surface area (Å²) in [6, 6.07) is -0.539. The minimum Gasteiger partial charge on any atom is -0.481 e. The molecule has 0 spiro atoms. The number of hydrogen-bond donors (Lipinski definition) is 3. The number of nitrogens with one attached hydrogen (secondary N) is 2. The summed E-state index contributed by atoms with van der Waals surface area (Å²) in [5.74, 6) is -1.16. The zero-order valence-corrected chi connectivity index (χ0v) is 11.9. The Labute approximate surface area is 113 Å². The molecule has 0 rings (SSSR count). The van der Waals surface area contributed by atoms with E-state index in [1.54, 1.807) is 27.9 Å². The molecule has 7 heteroatoms. The molecule has 0 atom stereocenters. The minimum atomic E-state index is -0.955. The predicted octanol–water partition coefficient (Wildman–Crippen LogP) is 0.265. The number of urea groups is 1. The summed E-state index contributed by atoms with van der Waals surface area (Å²) in [4.78, 5) is 35.3. The van der Waals surface area contributed by atoms with Crippen molar-refractivity contribution in [2.75, 3.05) is 27.2 Å². The lowest BCUT2D eigenvalue weighted by Gasteiger charge is -2.26. The molecule has 19 heavy (non-hydrogen) atoms. The summed E-state index contributed by atoms with van der Waals surface area (Å²) in [5.41, 5.74) is -0.955.